The van der Waals surface area contributed by atoms with Gasteiger partial charge in [0.15, 0.2) is 0 Å². The maximum Gasteiger partial charge on any atom is 0.135 e. The molecule has 0 saturated heterocycles. The molecule has 4 heteroatoms. The van der Waals surface area contributed by atoms with Crippen LogP contribution in [0.15, 0.2) is 83.1 Å². The molecule has 0 fully saturated rings. The highest BCUT2D eigenvalue weighted by molar-refractivity contribution is 9.10. The van der Waals surface area contributed by atoms with E-state index in [1.54, 1.807) is 0 Å². The number of rotatable bonds is 3. The Morgan fingerprint density at radius 3 is 2.00 bits per heavy atom. The van der Waals surface area contributed by atoms with Gasteiger partial charge in [0.25, 0.3) is 0 Å². The first-order valence-corrected chi connectivity index (χ1v) is 9.15. The minimum Gasteiger partial charge on any atom is -0.456 e. The van der Waals surface area contributed by atoms with Gasteiger partial charge < -0.3 is 9.64 Å². The number of hydrogen-bond donors (Lipinski definition) is 0. The van der Waals surface area contributed by atoms with Crippen LogP contribution in [0.1, 0.15) is 11.1 Å². The van der Waals surface area contributed by atoms with Crippen LogP contribution in [0, 0.1) is 0 Å². The van der Waals surface area contributed by atoms with Gasteiger partial charge in [-0.2, -0.15) is 0 Å². The monoisotopic (exact) mass is 409 g/mol. The fraction of sp³-hybridized carbons (Fsp3) is 0.0909. The van der Waals surface area contributed by atoms with Crippen LogP contribution < -0.4 is 9.64 Å². The minimum atomic E-state index is -0.182. The molecule has 0 atom stereocenters. The summed E-state index contributed by atoms with van der Waals surface area (Å²) in [5.74, 6) is 1.18. The number of para-hydroxylation sites is 2. The van der Waals surface area contributed by atoms with Crippen LogP contribution in [-0.4, -0.2) is 13.6 Å². The van der Waals surface area contributed by atoms with E-state index in [2.05, 4.69) is 15.9 Å². The summed E-state index contributed by atoms with van der Waals surface area (Å²) >= 11 is 3.43. The Balaban J connectivity index is 1.76. The third kappa shape index (κ3) is 3.13. The Hall–Kier alpha value is -2.59. The van der Waals surface area contributed by atoms with E-state index in [9.17, 15) is 0 Å². The van der Waals surface area contributed by atoms with Gasteiger partial charge in [0.2, 0.25) is 0 Å². The van der Waals surface area contributed by atoms with Gasteiger partial charge in [-0.25, -0.2) is 4.39 Å². The number of hydrogen-bond acceptors (Lipinski definition) is 2. The van der Waals surface area contributed by atoms with Crippen LogP contribution in [0.2, 0.25) is 0 Å². The Labute approximate surface area is 160 Å². The first-order chi connectivity index (χ1) is 12.6. The highest BCUT2D eigenvalue weighted by Gasteiger charge is 2.25. The van der Waals surface area contributed by atoms with Gasteiger partial charge in [0, 0.05) is 33.9 Å². The van der Waals surface area contributed by atoms with Gasteiger partial charge in [-0.05, 0) is 36.4 Å². The lowest BCUT2D eigenvalue weighted by molar-refractivity contribution is 0.472. The second-order valence-corrected chi connectivity index (χ2v) is 7.12. The molecule has 1 heterocycles. The van der Waals surface area contributed by atoms with Gasteiger partial charge in [0.05, 0.1) is 6.54 Å². The van der Waals surface area contributed by atoms with Gasteiger partial charge in [-0.3, -0.25) is 0 Å². The number of fused-ring (bicyclic) bond motifs is 2. The number of ether oxygens (including phenoxy) is 1. The van der Waals surface area contributed by atoms with Crippen molar-refractivity contribution in [2.45, 2.75) is 0 Å². The Bertz CT molecular complexity index is 934. The van der Waals surface area contributed by atoms with Crippen molar-refractivity contribution in [1.82, 2.24) is 0 Å². The molecule has 0 amide bonds. The summed E-state index contributed by atoms with van der Waals surface area (Å²) < 4.78 is 22.4. The molecule has 0 radical (unpaired) electrons. The van der Waals surface area contributed by atoms with Gasteiger partial charge in [0.1, 0.15) is 17.3 Å². The zero-order valence-electron chi connectivity index (χ0n) is 14.2. The van der Waals surface area contributed by atoms with Crippen LogP contribution in [0.5, 0.6) is 11.5 Å². The molecule has 26 heavy (non-hydrogen) atoms. The second-order valence-electron chi connectivity index (χ2n) is 6.21. The molecule has 3 aromatic carbocycles. The molecule has 0 spiro atoms. The number of nitrogens with zero attached hydrogens (tertiary/aromatic N) is 1. The Morgan fingerprint density at radius 1 is 0.885 bits per heavy atom. The summed E-state index contributed by atoms with van der Waals surface area (Å²) in [5, 5.41) is 0. The van der Waals surface area contributed by atoms with Gasteiger partial charge >= 0.3 is 0 Å². The van der Waals surface area contributed by atoms with E-state index in [1.807, 2.05) is 84.7 Å². The molecule has 0 aliphatic carbocycles. The van der Waals surface area contributed by atoms with Crippen LogP contribution in [0.3, 0.4) is 0 Å². The third-order valence-electron chi connectivity index (χ3n) is 4.45. The van der Waals surface area contributed by atoms with Crippen molar-refractivity contribution in [3.8, 4) is 11.5 Å². The van der Waals surface area contributed by atoms with E-state index in [1.165, 1.54) is 0 Å². The molecule has 0 bridgehead atoms. The molecule has 2 nitrogen and oxygen atoms in total. The maximum absolute atomic E-state index is 15.4. The molecule has 0 N–H and O–H groups in total. The van der Waals surface area contributed by atoms with Crippen molar-refractivity contribution in [2.75, 3.05) is 18.5 Å². The van der Waals surface area contributed by atoms with Crippen LogP contribution in [-0.2, 0) is 0 Å². The molecule has 4 rings (SSSR count). The SMILES string of the molecule is CN(CC(F)=C1c2ccccc2Oc2ccccc21)c1ccc(Br)cc1. The number of likely N-dealkylation sites (N-methyl/N-ethyl adjacent to an activating group) is 1. The molecule has 3 aromatic rings. The van der Waals surface area contributed by atoms with Crippen LogP contribution in [0.4, 0.5) is 10.1 Å². The first kappa shape index (κ1) is 16.9. The van der Waals surface area contributed by atoms with Gasteiger partial charge in [-0.15, -0.1) is 0 Å². The second kappa shape index (κ2) is 6.96. The van der Waals surface area contributed by atoms with Gasteiger partial charge in [-0.1, -0.05) is 52.3 Å². The van der Waals surface area contributed by atoms with Crippen molar-refractivity contribution in [1.29, 1.82) is 0 Å². The summed E-state index contributed by atoms with van der Waals surface area (Å²) in [6.45, 7) is 0.180. The van der Waals surface area contributed by atoms with E-state index in [0.29, 0.717) is 17.1 Å². The predicted octanol–water partition coefficient (Wildman–Crippen LogP) is 6.42. The number of benzene rings is 3. The standard InChI is InChI=1S/C22H17BrFNO/c1-25(16-12-10-15(23)11-13-16)14-19(24)22-17-6-2-4-8-20(17)26-21-9-5-3-7-18(21)22/h2-13H,14H2,1H3. The quantitative estimate of drug-likeness (QED) is 0.387. The highest BCUT2D eigenvalue weighted by Crippen LogP contribution is 2.45. The summed E-state index contributed by atoms with van der Waals surface area (Å²) in [7, 11) is 1.89. The van der Waals surface area contributed by atoms with Crippen molar-refractivity contribution < 1.29 is 9.13 Å². The molecule has 0 unspecified atom stereocenters. The molecule has 130 valence electrons. The summed E-state index contributed by atoms with van der Waals surface area (Å²) in [4.78, 5) is 1.90. The zero-order valence-corrected chi connectivity index (χ0v) is 15.8. The highest BCUT2D eigenvalue weighted by atomic mass is 79.9. The summed E-state index contributed by atoms with van der Waals surface area (Å²) in [6.07, 6.45) is 0. The third-order valence-corrected chi connectivity index (χ3v) is 4.98. The fourth-order valence-corrected chi connectivity index (χ4v) is 3.42. The smallest absolute Gasteiger partial charge is 0.135 e. The average Bonchev–Trinajstić information content (AvgIpc) is 2.66. The molecule has 1 aliphatic rings. The topological polar surface area (TPSA) is 12.5 Å². The lowest BCUT2D eigenvalue weighted by atomic mass is 9.93. The molecule has 1 aliphatic heterocycles. The zero-order chi connectivity index (χ0) is 18.1. The molecular weight excluding hydrogens is 393 g/mol. The largest absolute Gasteiger partial charge is 0.456 e. The molecule has 0 saturated carbocycles. The average molecular weight is 410 g/mol. The molecule has 0 aromatic heterocycles. The maximum atomic E-state index is 15.4. The van der Waals surface area contributed by atoms with Crippen LogP contribution in [0.25, 0.3) is 5.57 Å². The van der Waals surface area contributed by atoms with Crippen LogP contribution >= 0.6 is 15.9 Å². The summed E-state index contributed by atoms with van der Waals surface area (Å²) in [5.41, 5.74) is 3.13. The van der Waals surface area contributed by atoms with E-state index in [-0.39, 0.29) is 12.4 Å². The van der Waals surface area contributed by atoms with Crippen molar-refractivity contribution in [2.24, 2.45) is 0 Å². The van der Waals surface area contributed by atoms with Crippen molar-refractivity contribution >= 4 is 27.2 Å². The fourth-order valence-electron chi connectivity index (χ4n) is 3.15. The normalized spacial score (nSPS) is 12.0. The summed E-state index contributed by atoms with van der Waals surface area (Å²) in [6, 6.07) is 23.0. The Kier molecular flexibility index (Phi) is 4.51. The lowest BCUT2D eigenvalue weighted by Gasteiger charge is -2.25. The number of halogens is 2. The predicted molar refractivity (Wildman–Crippen MR) is 108 cm³/mol. The number of anilines is 1. The lowest BCUT2D eigenvalue weighted by Crippen LogP contribution is -2.20. The van der Waals surface area contributed by atoms with Crippen molar-refractivity contribution in [3.63, 3.8) is 0 Å². The van der Waals surface area contributed by atoms with E-state index in [0.717, 1.165) is 21.3 Å². The molecular formula is C22H17BrFNO. The Morgan fingerprint density at radius 2 is 1.42 bits per heavy atom. The van der Waals surface area contributed by atoms with Crippen molar-refractivity contribution in [3.05, 3.63) is 94.2 Å². The minimum absolute atomic E-state index is 0.180. The van der Waals surface area contributed by atoms with E-state index in [4.69, 9.17) is 4.74 Å². The first-order valence-electron chi connectivity index (χ1n) is 8.35. The van der Waals surface area contributed by atoms with E-state index >= 15 is 4.39 Å². The van der Waals surface area contributed by atoms with E-state index < -0.39 is 0 Å².